The van der Waals surface area contributed by atoms with Crippen molar-refractivity contribution >= 4 is 27.1 Å². The van der Waals surface area contributed by atoms with Crippen LogP contribution in [0, 0.1) is 0 Å². The van der Waals surface area contributed by atoms with Crippen molar-refractivity contribution in [2.75, 3.05) is 19.8 Å². The number of benzene rings is 1. The zero-order chi connectivity index (χ0) is 20.7. The first-order valence-corrected chi connectivity index (χ1v) is 13.1. The summed E-state index contributed by atoms with van der Waals surface area (Å²) < 4.78 is 22.8. The molecule has 0 atom stereocenters. The van der Waals surface area contributed by atoms with Gasteiger partial charge in [0.2, 0.25) is 0 Å². The van der Waals surface area contributed by atoms with Crippen LogP contribution in [-0.4, -0.2) is 34.2 Å². The topological polar surface area (TPSA) is 70.6 Å². The molecule has 1 saturated carbocycles. The average molecular weight is 434 g/mol. The standard InChI is InChI=1S/C22H31N3O2S2/c1-23-21(24-15-18-8-10-19(11-9-18)16-29(2,26)27)25-17-22(12-4-3-5-13-22)20-7-6-14-28-20/h6-11,14H,3-5,12-13,15-17H2,1-2H3,(H2,23,24,25). The van der Waals surface area contributed by atoms with Gasteiger partial charge in [0.05, 0.1) is 5.75 Å². The summed E-state index contributed by atoms with van der Waals surface area (Å²) in [5.74, 6) is 0.876. The third-order valence-corrected chi connectivity index (χ3v) is 7.56. The number of nitrogens with zero attached hydrogens (tertiary/aromatic N) is 1. The maximum absolute atomic E-state index is 11.4. The minimum atomic E-state index is -3.01. The van der Waals surface area contributed by atoms with Gasteiger partial charge in [-0.3, -0.25) is 4.99 Å². The molecular weight excluding hydrogens is 402 g/mol. The van der Waals surface area contributed by atoms with E-state index in [1.165, 1.54) is 43.2 Å². The second-order valence-corrected chi connectivity index (χ2v) is 11.1. The van der Waals surface area contributed by atoms with E-state index in [0.717, 1.165) is 23.6 Å². The number of rotatable bonds is 7. The Labute approximate surface area is 178 Å². The third-order valence-electron chi connectivity index (χ3n) is 5.58. The zero-order valence-electron chi connectivity index (χ0n) is 17.3. The first-order chi connectivity index (χ1) is 13.9. The summed E-state index contributed by atoms with van der Waals surface area (Å²) in [7, 11) is -1.21. The van der Waals surface area contributed by atoms with Gasteiger partial charge in [0.25, 0.3) is 0 Å². The van der Waals surface area contributed by atoms with Crippen LogP contribution in [0.15, 0.2) is 46.8 Å². The number of hydrogen-bond acceptors (Lipinski definition) is 4. The molecule has 2 aromatic rings. The van der Waals surface area contributed by atoms with E-state index in [2.05, 4.69) is 33.1 Å². The van der Waals surface area contributed by atoms with Crippen molar-refractivity contribution in [1.29, 1.82) is 0 Å². The molecule has 0 aliphatic heterocycles. The van der Waals surface area contributed by atoms with Crippen molar-refractivity contribution in [1.82, 2.24) is 10.6 Å². The minimum absolute atomic E-state index is 0.0781. The molecule has 1 heterocycles. The van der Waals surface area contributed by atoms with Crippen molar-refractivity contribution in [2.45, 2.75) is 49.8 Å². The van der Waals surface area contributed by atoms with E-state index >= 15 is 0 Å². The van der Waals surface area contributed by atoms with E-state index in [1.807, 2.05) is 35.6 Å². The minimum Gasteiger partial charge on any atom is -0.355 e. The number of guanidine groups is 1. The molecule has 5 nitrogen and oxygen atoms in total. The number of hydrogen-bond donors (Lipinski definition) is 2. The van der Waals surface area contributed by atoms with Crippen molar-refractivity contribution < 1.29 is 8.42 Å². The number of sulfone groups is 1. The van der Waals surface area contributed by atoms with Crippen LogP contribution >= 0.6 is 11.3 Å². The monoisotopic (exact) mass is 433 g/mol. The predicted molar refractivity (Wildman–Crippen MR) is 122 cm³/mol. The highest BCUT2D eigenvalue weighted by molar-refractivity contribution is 7.89. The van der Waals surface area contributed by atoms with Gasteiger partial charge >= 0.3 is 0 Å². The Balaban J connectivity index is 1.56. The molecule has 0 amide bonds. The first-order valence-electron chi connectivity index (χ1n) is 10.1. The summed E-state index contributed by atoms with van der Waals surface area (Å²) in [6, 6.07) is 12.1. The summed E-state index contributed by atoms with van der Waals surface area (Å²) in [5, 5.41) is 9.10. The van der Waals surface area contributed by atoms with Gasteiger partial charge < -0.3 is 10.6 Å². The van der Waals surface area contributed by atoms with Gasteiger partial charge in [-0.25, -0.2) is 8.42 Å². The van der Waals surface area contributed by atoms with Crippen LogP contribution in [0.2, 0.25) is 0 Å². The molecule has 1 fully saturated rings. The summed E-state index contributed by atoms with van der Waals surface area (Å²) in [5.41, 5.74) is 2.11. The number of aliphatic imine (C=N–C) groups is 1. The third kappa shape index (κ3) is 6.31. The zero-order valence-corrected chi connectivity index (χ0v) is 18.9. The SMILES string of the molecule is CN=C(NCc1ccc(CS(C)(=O)=O)cc1)NCC1(c2cccs2)CCCCC1. The highest BCUT2D eigenvalue weighted by Crippen LogP contribution is 2.41. The van der Waals surface area contributed by atoms with Gasteiger partial charge in [-0.15, -0.1) is 11.3 Å². The summed E-state index contributed by atoms with van der Waals surface area (Å²) >= 11 is 1.86. The Bertz CT molecular complexity index is 898. The van der Waals surface area contributed by atoms with E-state index in [4.69, 9.17) is 0 Å². The fraction of sp³-hybridized carbons (Fsp3) is 0.500. The quantitative estimate of drug-likeness (QED) is 0.514. The molecule has 1 aliphatic rings. The summed E-state index contributed by atoms with van der Waals surface area (Å²) in [6.07, 6.45) is 7.60. The molecular formula is C22H31N3O2S2. The van der Waals surface area contributed by atoms with Crippen LogP contribution in [0.4, 0.5) is 0 Å². The molecule has 0 spiro atoms. The van der Waals surface area contributed by atoms with E-state index in [0.29, 0.717) is 6.54 Å². The summed E-state index contributed by atoms with van der Waals surface area (Å²) in [6.45, 7) is 1.53. The maximum Gasteiger partial charge on any atom is 0.191 e. The highest BCUT2D eigenvalue weighted by Gasteiger charge is 2.34. The van der Waals surface area contributed by atoms with Gasteiger partial charge in [0, 0.05) is 36.7 Å². The first kappa shape index (κ1) is 21.8. The number of nitrogens with one attached hydrogen (secondary N) is 2. The van der Waals surface area contributed by atoms with Crippen LogP contribution in [-0.2, 0) is 27.5 Å². The smallest absolute Gasteiger partial charge is 0.191 e. The highest BCUT2D eigenvalue weighted by atomic mass is 32.2. The molecule has 158 valence electrons. The van der Waals surface area contributed by atoms with Crippen molar-refractivity contribution in [3.8, 4) is 0 Å². The van der Waals surface area contributed by atoms with E-state index < -0.39 is 9.84 Å². The molecule has 1 aromatic heterocycles. The van der Waals surface area contributed by atoms with Gasteiger partial charge in [-0.2, -0.15) is 0 Å². The normalized spacial score (nSPS) is 17.1. The van der Waals surface area contributed by atoms with E-state index in [1.54, 1.807) is 7.05 Å². The fourth-order valence-electron chi connectivity index (χ4n) is 4.03. The predicted octanol–water partition coefficient (Wildman–Crippen LogP) is 3.86. The molecule has 7 heteroatoms. The molecule has 0 radical (unpaired) electrons. The van der Waals surface area contributed by atoms with Gasteiger partial charge in [-0.05, 0) is 35.4 Å². The van der Waals surface area contributed by atoms with Crippen LogP contribution in [0.3, 0.4) is 0 Å². The second kappa shape index (κ2) is 9.76. The Hall–Kier alpha value is -1.86. The lowest BCUT2D eigenvalue weighted by Crippen LogP contribution is -2.46. The molecule has 3 rings (SSSR count). The molecule has 0 bridgehead atoms. The summed E-state index contributed by atoms with van der Waals surface area (Å²) in [4.78, 5) is 5.86. The molecule has 1 aliphatic carbocycles. The molecule has 0 unspecified atom stereocenters. The van der Waals surface area contributed by atoms with Crippen LogP contribution in [0.1, 0.15) is 48.1 Å². The molecule has 2 N–H and O–H groups in total. The Kier molecular flexibility index (Phi) is 7.35. The molecule has 1 aromatic carbocycles. The molecule has 0 saturated heterocycles. The second-order valence-electron chi connectivity index (χ2n) is 7.98. The lowest BCUT2D eigenvalue weighted by Gasteiger charge is -2.37. The Morgan fingerprint density at radius 1 is 1.07 bits per heavy atom. The van der Waals surface area contributed by atoms with Gasteiger partial charge in [0.1, 0.15) is 0 Å². The van der Waals surface area contributed by atoms with Crippen LogP contribution in [0.5, 0.6) is 0 Å². The Morgan fingerprint density at radius 2 is 1.76 bits per heavy atom. The van der Waals surface area contributed by atoms with Crippen LogP contribution in [0.25, 0.3) is 0 Å². The van der Waals surface area contributed by atoms with Crippen molar-refractivity contribution in [3.63, 3.8) is 0 Å². The van der Waals surface area contributed by atoms with Gasteiger partial charge in [0.15, 0.2) is 15.8 Å². The largest absolute Gasteiger partial charge is 0.355 e. The van der Waals surface area contributed by atoms with E-state index in [-0.39, 0.29) is 11.2 Å². The van der Waals surface area contributed by atoms with Crippen LogP contribution < -0.4 is 10.6 Å². The van der Waals surface area contributed by atoms with Crippen molar-refractivity contribution in [2.24, 2.45) is 4.99 Å². The maximum atomic E-state index is 11.4. The number of thiophene rings is 1. The lowest BCUT2D eigenvalue weighted by molar-refractivity contribution is 0.296. The Morgan fingerprint density at radius 3 is 2.34 bits per heavy atom. The average Bonchev–Trinajstić information content (AvgIpc) is 3.24. The van der Waals surface area contributed by atoms with Gasteiger partial charge in [-0.1, -0.05) is 49.6 Å². The lowest BCUT2D eigenvalue weighted by atomic mass is 9.73. The fourth-order valence-corrected chi connectivity index (χ4v) is 5.82. The van der Waals surface area contributed by atoms with E-state index in [9.17, 15) is 8.42 Å². The molecule has 29 heavy (non-hydrogen) atoms. The van der Waals surface area contributed by atoms with Crippen molar-refractivity contribution in [3.05, 3.63) is 57.8 Å².